The van der Waals surface area contributed by atoms with E-state index in [2.05, 4.69) is 5.32 Å². The van der Waals surface area contributed by atoms with Crippen LogP contribution in [0.3, 0.4) is 0 Å². The maximum absolute atomic E-state index is 14.6. The van der Waals surface area contributed by atoms with E-state index in [4.69, 9.17) is 0 Å². The molecule has 0 aliphatic rings. The lowest BCUT2D eigenvalue weighted by molar-refractivity contribution is 0.0497. The molecule has 1 N–H and O–H groups in total. The Morgan fingerprint density at radius 1 is 0.952 bits per heavy atom. The van der Waals surface area contributed by atoms with Crippen LogP contribution in [0, 0.1) is 0 Å². The molecule has 2 aromatic rings. The van der Waals surface area contributed by atoms with Crippen LogP contribution in [-0.4, -0.2) is 20.7 Å². The van der Waals surface area contributed by atoms with Crippen molar-refractivity contribution in [3.63, 3.8) is 0 Å². The minimum atomic E-state index is -4.79. The fourth-order valence-corrected chi connectivity index (χ4v) is 3.48. The average molecular weight is 311 g/mol. The molecule has 0 saturated carbocycles. The summed E-state index contributed by atoms with van der Waals surface area (Å²) < 4.78 is 53.6. The van der Waals surface area contributed by atoms with Gasteiger partial charge in [-0.05, 0) is 24.7 Å². The lowest BCUT2D eigenvalue weighted by Crippen LogP contribution is -2.42. The number of nitrogens with one attached hydrogen (secondary N) is 1. The number of hydrogen-bond acceptors (Lipinski definition) is 3. The molecule has 0 saturated heterocycles. The second-order valence-electron chi connectivity index (χ2n) is 4.51. The van der Waals surface area contributed by atoms with Gasteiger partial charge in [0.05, 0.1) is 4.90 Å². The fourth-order valence-electron chi connectivity index (χ4n) is 2.09. The van der Waals surface area contributed by atoms with Crippen LogP contribution in [0.1, 0.15) is 11.6 Å². The predicted molar refractivity (Wildman–Crippen MR) is 76.8 cm³/mol. The Morgan fingerprint density at radius 3 is 1.90 bits per heavy atom. The van der Waals surface area contributed by atoms with Crippen LogP contribution in [0.5, 0.6) is 0 Å². The van der Waals surface area contributed by atoms with Gasteiger partial charge in [0.25, 0.3) is 0 Å². The Bertz CT molecular complexity index is 688. The number of benzene rings is 2. The summed E-state index contributed by atoms with van der Waals surface area (Å²) in [7, 11) is -3.48. The van der Waals surface area contributed by atoms with Gasteiger partial charge in [-0.3, -0.25) is 0 Å². The molecule has 0 fully saturated rings. The highest BCUT2D eigenvalue weighted by molar-refractivity contribution is 7.92. The molecule has 6 heteroatoms. The standard InChI is InChI=1S/C15H15F2NO2S/c1-18-14(12-8-4-2-5-9-12)15(16,17)21(19,20)13-10-6-3-7-11-13/h2-11,14,18H,1H3. The van der Waals surface area contributed by atoms with E-state index in [1.54, 1.807) is 24.3 Å². The molecule has 0 heterocycles. The minimum Gasteiger partial charge on any atom is -0.307 e. The van der Waals surface area contributed by atoms with Crippen molar-refractivity contribution < 1.29 is 17.2 Å². The van der Waals surface area contributed by atoms with Crippen molar-refractivity contribution in [1.82, 2.24) is 5.32 Å². The Hall–Kier alpha value is -1.79. The topological polar surface area (TPSA) is 46.2 Å². The van der Waals surface area contributed by atoms with E-state index in [-0.39, 0.29) is 5.56 Å². The van der Waals surface area contributed by atoms with Crippen LogP contribution in [-0.2, 0) is 9.84 Å². The van der Waals surface area contributed by atoms with Crippen LogP contribution in [0.15, 0.2) is 65.6 Å². The quantitative estimate of drug-likeness (QED) is 0.923. The first-order valence-corrected chi connectivity index (χ1v) is 7.79. The van der Waals surface area contributed by atoms with Gasteiger partial charge in [0.1, 0.15) is 6.04 Å². The number of hydrogen-bond donors (Lipinski definition) is 1. The molecule has 3 nitrogen and oxygen atoms in total. The van der Waals surface area contributed by atoms with Gasteiger partial charge in [-0.25, -0.2) is 8.42 Å². The maximum Gasteiger partial charge on any atom is 0.368 e. The summed E-state index contributed by atoms with van der Waals surface area (Å²) in [5.74, 6) is 0. The van der Waals surface area contributed by atoms with Crippen LogP contribution < -0.4 is 5.32 Å². The summed E-state index contributed by atoms with van der Waals surface area (Å²) in [6.07, 6.45) is 0. The van der Waals surface area contributed by atoms with Gasteiger partial charge in [0.2, 0.25) is 9.84 Å². The van der Waals surface area contributed by atoms with Gasteiger partial charge >= 0.3 is 5.25 Å². The molecule has 112 valence electrons. The molecule has 0 amide bonds. The third kappa shape index (κ3) is 2.82. The van der Waals surface area contributed by atoms with Crippen molar-refractivity contribution in [2.75, 3.05) is 7.05 Å². The molecule has 0 radical (unpaired) electrons. The highest BCUT2D eigenvalue weighted by atomic mass is 32.2. The van der Waals surface area contributed by atoms with Crippen molar-refractivity contribution in [3.8, 4) is 0 Å². The lowest BCUT2D eigenvalue weighted by Gasteiger charge is -2.26. The maximum atomic E-state index is 14.6. The Morgan fingerprint density at radius 2 is 1.43 bits per heavy atom. The molecular formula is C15H15F2NO2S. The van der Waals surface area contributed by atoms with Gasteiger partial charge in [0, 0.05) is 0 Å². The van der Waals surface area contributed by atoms with Crippen molar-refractivity contribution in [3.05, 3.63) is 66.2 Å². The molecule has 0 aromatic heterocycles. The fraction of sp³-hybridized carbons (Fsp3) is 0.200. The van der Waals surface area contributed by atoms with Gasteiger partial charge < -0.3 is 5.32 Å². The zero-order valence-electron chi connectivity index (χ0n) is 11.3. The van der Waals surface area contributed by atoms with E-state index in [0.29, 0.717) is 0 Å². The van der Waals surface area contributed by atoms with Gasteiger partial charge in [0.15, 0.2) is 0 Å². The molecule has 0 spiro atoms. The molecule has 1 unspecified atom stereocenters. The van der Waals surface area contributed by atoms with Gasteiger partial charge in [-0.1, -0.05) is 48.5 Å². The number of halogens is 2. The normalized spacial score (nSPS) is 13.9. The Balaban J connectivity index is 2.49. The van der Waals surface area contributed by atoms with Crippen molar-refractivity contribution in [2.24, 2.45) is 0 Å². The smallest absolute Gasteiger partial charge is 0.307 e. The molecule has 2 aromatic carbocycles. The summed E-state index contributed by atoms with van der Waals surface area (Å²) in [5.41, 5.74) is 0.213. The predicted octanol–water partition coefficient (Wildman–Crippen LogP) is 3.01. The van der Waals surface area contributed by atoms with Gasteiger partial charge in [-0.15, -0.1) is 0 Å². The first-order valence-electron chi connectivity index (χ1n) is 6.31. The van der Waals surface area contributed by atoms with Crippen LogP contribution in [0.2, 0.25) is 0 Å². The summed E-state index contributed by atoms with van der Waals surface area (Å²) in [6, 6.07) is 12.9. The van der Waals surface area contributed by atoms with Crippen LogP contribution >= 0.6 is 0 Å². The van der Waals surface area contributed by atoms with E-state index >= 15 is 0 Å². The molecule has 0 bridgehead atoms. The summed E-state index contributed by atoms with van der Waals surface area (Å²) >= 11 is 0. The Kier molecular flexibility index (Phi) is 4.39. The second-order valence-corrected chi connectivity index (χ2v) is 6.53. The van der Waals surface area contributed by atoms with Gasteiger partial charge in [-0.2, -0.15) is 8.78 Å². The van der Waals surface area contributed by atoms with E-state index in [1.807, 2.05) is 0 Å². The number of alkyl halides is 2. The summed E-state index contributed by atoms with van der Waals surface area (Å²) in [5, 5.41) is -1.56. The van der Waals surface area contributed by atoms with E-state index in [1.165, 1.54) is 43.4 Å². The Labute approximate surface area is 122 Å². The van der Waals surface area contributed by atoms with E-state index < -0.39 is 26.0 Å². The van der Waals surface area contributed by atoms with Crippen LogP contribution in [0.25, 0.3) is 0 Å². The SMILES string of the molecule is CNC(c1ccccc1)C(F)(F)S(=O)(=O)c1ccccc1. The zero-order valence-corrected chi connectivity index (χ0v) is 12.1. The molecule has 0 aliphatic heterocycles. The van der Waals surface area contributed by atoms with Crippen molar-refractivity contribution in [1.29, 1.82) is 0 Å². The summed E-state index contributed by atoms with van der Waals surface area (Å²) in [6.45, 7) is 0. The second kappa shape index (κ2) is 5.91. The minimum absolute atomic E-state index is 0.213. The molecule has 1 atom stereocenters. The van der Waals surface area contributed by atoms with E-state index in [0.717, 1.165) is 0 Å². The summed E-state index contributed by atoms with van der Waals surface area (Å²) in [4.78, 5) is -0.397. The van der Waals surface area contributed by atoms with Crippen molar-refractivity contribution in [2.45, 2.75) is 16.2 Å². The third-order valence-corrected chi connectivity index (χ3v) is 5.01. The third-order valence-electron chi connectivity index (χ3n) is 3.17. The first-order chi connectivity index (χ1) is 9.91. The number of rotatable bonds is 5. The molecule has 2 rings (SSSR count). The molecular weight excluding hydrogens is 296 g/mol. The molecule has 21 heavy (non-hydrogen) atoms. The largest absolute Gasteiger partial charge is 0.368 e. The number of sulfone groups is 1. The van der Waals surface area contributed by atoms with Crippen molar-refractivity contribution >= 4 is 9.84 Å². The van der Waals surface area contributed by atoms with E-state index in [9.17, 15) is 17.2 Å². The molecule has 0 aliphatic carbocycles. The highest BCUT2D eigenvalue weighted by Crippen LogP contribution is 2.39. The van der Waals surface area contributed by atoms with Crippen LogP contribution in [0.4, 0.5) is 8.78 Å². The average Bonchev–Trinajstić information content (AvgIpc) is 2.49. The zero-order chi connectivity index (χ0) is 15.5. The first kappa shape index (κ1) is 15.6. The lowest BCUT2D eigenvalue weighted by atomic mass is 10.1. The monoisotopic (exact) mass is 311 g/mol. The highest BCUT2D eigenvalue weighted by Gasteiger charge is 2.52.